The molecule has 3 heterocycles. The number of carboxylic acids is 1. The van der Waals surface area contributed by atoms with Crippen molar-refractivity contribution in [1.29, 1.82) is 0 Å². The molecule has 3 unspecified atom stereocenters. The normalized spacial score (nSPS) is 36.9. The first-order valence-corrected chi connectivity index (χ1v) is 7.92. The van der Waals surface area contributed by atoms with E-state index < -0.39 is 12.0 Å². The van der Waals surface area contributed by atoms with E-state index in [-0.39, 0.29) is 5.91 Å². The van der Waals surface area contributed by atoms with Gasteiger partial charge in [-0.2, -0.15) is 0 Å². The quantitative estimate of drug-likeness (QED) is 0.819. The lowest BCUT2D eigenvalue weighted by atomic mass is 9.88. The molecule has 5 heteroatoms. The number of aliphatic carboxylic acids is 1. The van der Waals surface area contributed by atoms with Crippen molar-refractivity contribution in [2.75, 3.05) is 6.54 Å². The molecule has 5 nitrogen and oxygen atoms in total. The topological polar surface area (TPSA) is 69.6 Å². The van der Waals surface area contributed by atoms with Crippen LogP contribution in [0.2, 0.25) is 0 Å². The Labute approximate surface area is 119 Å². The molecule has 3 saturated heterocycles. The molecule has 0 aromatic heterocycles. The summed E-state index contributed by atoms with van der Waals surface area (Å²) in [6.07, 6.45) is 7.62. The number of piperidine rings is 2. The second kappa shape index (κ2) is 5.72. The van der Waals surface area contributed by atoms with Crippen LogP contribution in [0.1, 0.15) is 51.4 Å². The molecule has 0 aromatic rings. The predicted molar refractivity (Wildman–Crippen MR) is 74.3 cm³/mol. The number of likely N-dealkylation sites (tertiary alicyclic amines) is 1. The van der Waals surface area contributed by atoms with Gasteiger partial charge < -0.3 is 15.3 Å². The highest BCUT2D eigenvalue weighted by atomic mass is 16.4. The Kier molecular flexibility index (Phi) is 3.96. The number of carbonyl (C=O) groups is 2. The summed E-state index contributed by atoms with van der Waals surface area (Å²) in [5.41, 5.74) is 0. The van der Waals surface area contributed by atoms with Crippen molar-refractivity contribution in [3.8, 4) is 0 Å². The van der Waals surface area contributed by atoms with Gasteiger partial charge in [-0.25, -0.2) is 4.79 Å². The molecule has 3 aliphatic heterocycles. The van der Waals surface area contributed by atoms with Gasteiger partial charge in [0.15, 0.2) is 0 Å². The first kappa shape index (κ1) is 13.9. The van der Waals surface area contributed by atoms with E-state index in [1.54, 1.807) is 4.90 Å². The van der Waals surface area contributed by atoms with Gasteiger partial charge in [0.25, 0.3) is 0 Å². The van der Waals surface area contributed by atoms with Crippen molar-refractivity contribution in [3.05, 3.63) is 0 Å². The molecule has 2 N–H and O–H groups in total. The highest BCUT2D eigenvalue weighted by molar-refractivity contribution is 5.84. The number of carboxylic acid groups (broad SMARTS) is 1. The zero-order valence-electron chi connectivity index (χ0n) is 11.9. The third-order valence-electron chi connectivity index (χ3n) is 5.14. The number of carbonyl (C=O) groups excluding carboxylic acids is 1. The second-order valence-corrected chi connectivity index (χ2v) is 6.62. The molecule has 0 saturated carbocycles. The van der Waals surface area contributed by atoms with Crippen LogP contribution in [-0.2, 0) is 9.59 Å². The van der Waals surface area contributed by atoms with Gasteiger partial charge in [-0.15, -0.1) is 0 Å². The minimum absolute atomic E-state index is 0.0587. The van der Waals surface area contributed by atoms with E-state index in [9.17, 15) is 14.7 Å². The number of hydrogen-bond donors (Lipinski definition) is 2. The standard InChI is InChI=1S/C15H24N2O3/c18-14(17-6-2-1-3-13(17)15(19)20)9-10-7-11-4-5-12(8-10)16-11/h10-13,16H,1-9H2,(H,19,20). The first-order valence-electron chi connectivity index (χ1n) is 7.92. The van der Waals surface area contributed by atoms with Gasteiger partial charge in [-0.05, 0) is 50.9 Å². The third-order valence-corrected chi connectivity index (χ3v) is 5.14. The monoisotopic (exact) mass is 280 g/mol. The van der Waals surface area contributed by atoms with Gasteiger partial charge >= 0.3 is 5.97 Å². The van der Waals surface area contributed by atoms with Crippen LogP contribution in [0.15, 0.2) is 0 Å². The summed E-state index contributed by atoms with van der Waals surface area (Å²) in [7, 11) is 0. The molecule has 3 atom stereocenters. The Bertz CT molecular complexity index is 387. The molecule has 20 heavy (non-hydrogen) atoms. The summed E-state index contributed by atoms with van der Waals surface area (Å²) in [4.78, 5) is 25.3. The Balaban J connectivity index is 1.59. The van der Waals surface area contributed by atoms with Gasteiger partial charge in [0, 0.05) is 25.0 Å². The van der Waals surface area contributed by atoms with Gasteiger partial charge in [0.05, 0.1) is 0 Å². The fourth-order valence-corrected chi connectivity index (χ4v) is 4.19. The zero-order valence-corrected chi connectivity index (χ0v) is 11.9. The lowest BCUT2D eigenvalue weighted by molar-refractivity contribution is -0.152. The summed E-state index contributed by atoms with van der Waals surface area (Å²) in [5, 5.41) is 12.8. The van der Waals surface area contributed by atoms with Gasteiger partial charge in [-0.3, -0.25) is 4.79 Å². The Morgan fingerprint density at radius 1 is 1.10 bits per heavy atom. The minimum Gasteiger partial charge on any atom is -0.480 e. The molecule has 0 radical (unpaired) electrons. The summed E-state index contributed by atoms with van der Waals surface area (Å²) >= 11 is 0. The van der Waals surface area contributed by atoms with Crippen molar-refractivity contribution in [3.63, 3.8) is 0 Å². The van der Waals surface area contributed by atoms with Crippen LogP contribution in [0.3, 0.4) is 0 Å². The molecule has 1 amide bonds. The molecule has 3 aliphatic rings. The summed E-state index contributed by atoms with van der Waals surface area (Å²) in [5.74, 6) is -0.343. The second-order valence-electron chi connectivity index (χ2n) is 6.62. The summed E-state index contributed by atoms with van der Waals surface area (Å²) in [6, 6.07) is 0.584. The SMILES string of the molecule is O=C(O)C1CCCCN1C(=O)CC1CC2CCC(C1)N2. The van der Waals surface area contributed by atoms with Crippen LogP contribution < -0.4 is 5.32 Å². The minimum atomic E-state index is -0.844. The zero-order chi connectivity index (χ0) is 14.1. The van der Waals surface area contributed by atoms with E-state index in [1.807, 2.05) is 0 Å². The van der Waals surface area contributed by atoms with E-state index in [0.717, 1.165) is 25.7 Å². The Morgan fingerprint density at radius 3 is 2.45 bits per heavy atom. The molecule has 0 aliphatic carbocycles. The van der Waals surface area contributed by atoms with Crippen LogP contribution in [0.25, 0.3) is 0 Å². The lowest BCUT2D eigenvalue weighted by Crippen LogP contribution is -2.49. The van der Waals surface area contributed by atoms with E-state index in [0.29, 0.717) is 37.4 Å². The van der Waals surface area contributed by atoms with E-state index >= 15 is 0 Å². The van der Waals surface area contributed by atoms with Crippen molar-refractivity contribution in [2.45, 2.75) is 69.5 Å². The first-order chi connectivity index (χ1) is 9.63. The van der Waals surface area contributed by atoms with Crippen molar-refractivity contribution >= 4 is 11.9 Å². The number of hydrogen-bond acceptors (Lipinski definition) is 3. The molecule has 3 rings (SSSR count). The molecule has 0 aromatic carbocycles. The average molecular weight is 280 g/mol. The highest BCUT2D eigenvalue weighted by Crippen LogP contribution is 2.33. The highest BCUT2D eigenvalue weighted by Gasteiger charge is 2.37. The van der Waals surface area contributed by atoms with Crippen LogP contribution in [0, 0.1) is 5.92 Å². The van der Waals surface area contributed by atoms with E-state index in [4.69, 9.17) is 0 Å². The molecule has 2 bridgehead atoms. The van der Waals surface area contributed by atoms with Crippen LogP contribution in [-0.4, -0.2) is 46.6 Å². The maximum Gasteiger partial charge on any atom is 0.326 e. The van der Waals surface area contributed by atoms with Gasteiger partial charge in [0.1, 0.15) is 6.04 Å². The van der Waals surface area contributed by atoms with Gasteiger partial charge in [0.2, 0.25) is 5.91 Å². The van der Waals surface area contributed by atoms with E-state index in [1.165, 1.54) is 12.8 Å². The summed E-state index contributed by atoms with van der Waals surface area (Å²) < 4.78 is 0. The summed E-state index contributed by atoms with van der Waals surface area (Å²) in [6.45, 7) is 0.619. The van der Waals surface area contributed by atoms with Crippen LogP contribution in [0.5, 0.6) is 0 Å². The lowest BCUT2D eigenvalue weighted by Gasteiger charge is -2.35. The van der Waals surface area contributed by atoms with E-state index in [2.05, 4.69) is 5.32 Å². The number of nitrogens with zero attached hydrogens (tertiary/aromatic N) is 1. The van der Waals surface area contributed by atoms with Crippen LogP contribution >= 0.6 is 0 Å². The number of rotatable bonds is 3. The Hall–Kier alpha value is -1.10. The average Bonchev–Trinajstić information content (AvgIpc) is 2.78. The number of nitrogens with one attached hydrogen (secondary N) is 1. The fourth-order valence-electron chi connectivity index (χ4n) is 4.19. The molecular formula is C15H24N2O3. The Morgan fingerprint density at radius 2 is 1.80 bits per heavy atom. The van der Waals surface area contributed by atoms with Crippen molar-refractivity contribution in [1.82, 2.24) is 10.2 Å². The number of amides is 1. The van der Waals surface area contributed by atoms with Crippen molar-refractivity contribution < 1.29 is 14.7 Å². The largest absolute Gasteiger partial charge is 0.480 e. The van der Waals surface area contributed by atoms with Crippen LogP contribution in [0.4, 0.5) is 0 Å². The number of fused-ring (bicyclic) bond motifs is 2. The third kappa shape index (κ3) is 2.82. The molecule has 0 spiro atoms. The maximum atomic E-state index is 12.5. The smallest absolute Gasteiger partial charge is 0.326 e. The fraction of sp³-hybridized carbons (Fsp3) is 0.867. The maximum absolute atomic E-state index is 12.5. The molecule has 112 valence electrons. The molecule has 3 fully saturated rings. The predicted octanol–water partition coefficient (Wildman–Crippen LogP) is 1.37. The van der Waals surface area contributed by atoms with Gasteiger partial charge in [-0.1, -0.05) is 0 Å². The van der Waals surface area contributed by atoms with Crippen molar-refractivity contribution in [2.24, 2.45) is 5.92 Å². The molecular weight excluding hydrogens is 256 g/mol.